The maximum absolute atomic E-state index is 13.2. The molecule has 0 aliphatic heterocycles. The van der Waals surface area contributed by atoms with Gasteiger partial charge in [-0.2, -0.15) is 4.98 Å². The van der Waals surface area contributed by atoms with Gasteiger partial charge in [0.25, 0.3) is 0 Å². The van der Waals surface area contributed by atoms with Crippen LogP contribution in [0.25, 0.3) is 11.0 Å². The number of primary sulfonamides is 1. The fourth-order valence-corrected chi connectivity index (χ4v) is 4.51. The second kappa shape index (κ2) is 10.1. The van der Waals surface area contributed by atoms with E-state index < -0.39 is 10.0 Å². The summed E-state index contributed by atoms with van der Waals surface area (Å²) in [5.41, 5.74) is 4.05. The Morgan fingerprint density at radius 1 is 1.03 bits per heavy atom. The molecule has 0 radical (unpaired) electrons. The summed E-state index contributed by atoms with van der Waals surface area (Å²) in [7, 11) is -0.0190. The van der Waals surface area contributed by atoms with E-state index in [2.05, 4.69) is 20.6 Å². The molecule has 0 aliphatic carbocycles. The lowest BCUT2D eigenvalue weighted by Crippen LogP contribution is -2.13. The van der Waals surface area contributed by atoms with Crippen molar-refractivity contribution in [3.05, 3.63) is 90.4 Å². The number of benzene rings is 3. The van der Waals surface area contributed by atoms with Gasteiger partial charge in [0.2, 0.25) is 21.9 Å². The molecule has 194 valence electrons. The first-order valence-electron chi connectivity index (χ1n) is 11.6. The van der Waals surface area contributed by atoms with Gasteiger partial charge in [-0.1, -0.05) is 18.2 Å². The van der Waals surface area contributed by atoms with Gasteiger partial charge in [0.1, 0.15) is 11.6 Å². The van der Waals surface area contributed by atoms with Crippen LogP contribution in [0.15, 0.2) is 83.9 Å². The number of hydrogen-bond acceptors (Lipinski definition) is 8. The van der Waals surface area contributed by atoms with E-state index in [1.54, 1.807) is 36.5 Å². The van der Waals surface area contributed by atoms with E-state index in [0.717, 1.165) is 22.3 Å². The lowest BCUT2D eigenvalue weighted by molar-refractivity contribution is 0.598. The van der Waals surface area contributed by atoms with Crippen LogP contribution in [0.3, 0.4) is 0 Å². The maximum Gasteiger partial charge on any atom is 0.238 e. The van der Waals surface area contributed by atoms with Crippen molar-refractivity contribution in [2.45, 2.75) is 11.4 Å². The van der Waals surface area contributed by atoms with Crippen LogP contribution in [-0.4, -0.2) is 35.0 Å². The Kier molecular flexibility index (Phi) is 6.66. The summed E-state index contributed by atoms with van der Waals surface area (Å²) in [5, 5.41) is 11.6. The highest BCUT2D eigenvalue weighted by molar-refractivity contribution is 7.89. The Morgan fingerprint density at radius 3 is 2.58 bits per heavy atom. The average Bonchev–Trinajstić information content (AvgIpc) is 3.22. The molecule has 0 spiro atoms. The largest absolute Gasteiger partial charge is 0.352 e. The van der Waals surface area contributed by atoms with Gasteiger partial charge >= 0.3 is 0 Å². The smallest absolute Gasteiger partial charge is 0.238 e. The predicted molar refractivity (Wildman–Crippen MR) is 146 cm³/mol. The summed E-state index contributed by atoms with van der Waals surface area (Å²) in [6, 6.07) is 20.2. The summed E-state index contributed by atoms with van der Waals surface area (Å²) in [4.78, 5) is 15.4. The normalized spacial score (nSPS) is 11.5. The molecule has 0 saturated carbocycles. The Labute approximate surface area is 219 Å². The number of anilines is 5. The van der Waals surface area contributed by atoms with Crippen LogP contribution in [0.2, 0.25) is 0 Å². The Balaban J connectivity index is 1.35. The molecule has 38 heavy (non-hydrogen) atoms. The minimum absolute atomic E-state index is 0.00837. The van der Waals surface area contributed by atoms with E-state index in [-0.39, 0.29) is 10.7 Å². The highest BCUT2D eigenvalue weighted by Crippen LogP contribution is 2.28. The number of hydrogen-bond donors (Lipinski definition) is 3. The van der Waals surface area contributed by atoms with E-state index in [1.165, 1.54) is 24.3 Å². The predicted octanol–water partition coefficient (Wildman–Crippen LogP) is 4.27. The molecule has 0 saturated heterocycles. The first-order valence-corrected chi connectivity index (χ1v) is 13.1. The molecule has 2 heterocycles. The van der Waals surface area contributed by atoms with Crippen LogP contribution in [-0.2, 0) is 23.6 Å². The molecule has 12 heteroatoms. The number of nitrogens with two attached hydrogens (primary N) is 1. The van der Waals surface area contributed by atoms with Gasteiger partial charge in [-0.3, -0.25) is 0 Å². The monoisotopic (exact) mass is 532 g/mol. The van der Waals surface area contributed by atoms with Crippen molar-refractivity contribution in [2.24, 2.45) is 12.2 Å². The molecule has 0 fully saturated rings. The summed E-state index contributed by atoms with van der Waals surface area (Å²) >= 11 is 0. The number of halogens is 1. The first kappa shape index (κ1) is 25.1. The van der Waals surface area contributed by atoms with Gasteiger partial charge in [0.15, 0.2) is 0 Å². The zero-order valence-electron chi connectivity index (χ0n) is 20.6. The topological polar surface area (TPSA) is 131 Å². The standard InChI is InChI=1S/C26H25FN8O2S/c1-34(24-12-13-29-25(33-24)31-19-4-3-5-21(14-19)38(28,36)37)20-10-11-23-22(15-20)32-26(35(23)2)30-16-17-6-8-18(27)9-7-17/h3-15H,16H2,1-2H3,(H,30,32)(H2,28,36,37)(H,29,31,33). The summed E-state index contributed by atoms with van der Waals surface area (Å²) in [6.07, 6.45) is 1.61. The van der Waals surface area contributed by atoms with E-state index in [1.807, 2.05) is 41.8 Å². The van der Waals surface area contributed by atoms with Crippen molar-refractivity contribution in [2.75, 3.05) is 22.6 Å². The van der Waals surface area contributed by atoms with Crippen LogP contribution in [0, 0.1) is 5.82 Å². The molecular formula is C26H25FN8O2S. The van der Waals surface area contributed by atoms with Crippen molar-refractivity contribution in [3.63, 3.8) is 0 Å². The number of nitrogens with zero attached hydrogens (tertiary/aromatic N) is 5. The molecule has 0 unspecified atom stereocenters. The zero-order chi connectivity index (χ0) is 26.9. The third-order valence-corrected chi connectivity index (χ3v) is 6.93. The molecule has 10 nitrogen and oxygen atoms in total. The molecule has 5 rings (SSSR count). The van der Waals surface area contributed by atoms with E-state index in [0.29, 0.717) is 29.9 Å². The third-order valence-electron chi connectivity index (χ3n) is 6.02. The van der Waals surface area contributed by atoms with Gasteiger partial charge in [0, 0.05) is 38.2 Å². The molecule has 2 aromatic heterocycles. The Hall–Kier alpha value is -4.55. The molecule has 5 aromatic rings. The Morgan fingerprint density at radius 2 is 1.82 bits per heavy atom. The van der Waals surface area contributed by atoms with Crippen molar-refractivity contribution < 1.29 is 12.8 Å². The molecule has 3 aromatic carbocycles. The molecule has 4 N–H and O–H groups in total. The van der Waals surface area contributed by atoms with Crippen LogP contribution in [0.4, 0.5) is 33.5 Å². The molecule has 0 amide bonds. The number of fused-ring (bicyclic) bond motifs is 1. The molecular weight excluding hydrogens is 507 g/mol. The van der Waals surface area contributed by atoms with Crippen molar-refractivity contribution in [3.8, 4) is 0 Å². The second-order valence-electron chi connectivity index (χ2n) is 8.64. The van der Waals surface area contributed by atoms with Gasteiger partial charge in [-0.25, -0.2) is 27.9 Å². The van der Waals surface area contributed by atoms with Crippen molar-refractivity contribution in [1.82, 2.24) is 19.5 Å². The summed E-state index contributed by atoms with van der Waals surface area (Å²) in [5.74, 6) is 1.34. The van der Waals surface area contributed by atoms with Gasteiger partial charge in [-0.05, 0) is 60.2 Å². The van der Waals surface area contributed by atoms with E-state index in [9.17, 15) is 12.8 Å². The molecule has 0 aliphatic rings. The average molecular weight is 533 g/mol. The van der Waals surface area contributed by atoms with Crippen LogP contribution >= 0.6 is 0 Å². The van der Waals surface area contributed by atoms with Crippen LogP contribution in [0.5, 0.6) is 0 Å². The van der Waals surface area contributed by atoms with E-state index >= 15 is 0 Å². The lowest BCUT2D eigenvalue weighted by Gasteiger charge is -2.19. The van der Waals surface area contributed by atoms with Crippen molar-refractivity contribution >= 4 is 50.1 Å². The zero-order valence-corrected chi connectivity index (χ0v) is 21.4. The minimum atomic E-state index is -3.83. The maximum atomic E-state index is 13.2. The fourth-order valence-electron chi connectivity index (χ4n) is 3.95. The number of nitrogens with one attached hydrogen (secondary N) is 2. The molecule has 0 atom stereocenters. The number of imidazole rings is 1. The van der Waals surface area contributed by atoms with E-state index in [4.69, 9.17) is 10.1 Å². The highest BCUT2D eigenvalue weighted by Gasteiger charge is 2.13. The number of aromatic nitrogens is 4. The Bertz CT molecular complexity index is 1720. The molecule has 0 bridgehead atoms. The van der Waals surface area contributed by atoms with Crippen LogP contribution in [0.1, 0.15) is 5.56 Å². The highest BCUT2D eigenvalue weighted by atomic mass is 32.2. The number of rotatable bonds is 8. The van der Waals surface area contributed by atoms with Gasteiger partial charge in [0.05, 0.1) is 15.9 Å². The van der Waals surface area contributed by atoms with Crippen molar-refractivity contribution in [1.29, 1.82) is 0 Å². The van der Waals surface area contributed by atoms with Gasteiger partial charge < -0.3 is 20.1 Å². The third kappa shape index (κ3) is 5.41. The number of sulfonamides is 1. The summed E-state index contributed by atoms with van der Waals surface area (Å²) < 4.78 is 38.5. The fraction of sp³-hybridized carbons (Fsp3) is 0.115. The summed E-state index contributed by atoms with van der Waals surface area (Å²) in [6.45, 7) is 0.515. The quantitative estimate of drug-likeness (QED) is 0.270. The van der Waals surface area contributed by atoms with Crippen LogP contribution < -0.4 is 20.7 Å². The lowest BCUT2D eigenvalue weighted by atomic mass is 10.2. The first-order chi connectivity index (χ1) is 18.2. The minimum Gasteiger partial charge on any atom is -0.352 e. The SMILES string of the molecule is CN(c1ccc2c(c1)nc(NCc1ccc(F)cc1)n2C)c1ccnc(Nc2cccc(S(N)(=O)=O)c2)n1. The van der Waals surface area contributed by atoms with Gasteiger partial charge in [-0.15, -0.1) is 0 Å². The second-order valence-corrected chi connectivity index (χ2v) is 10.2. The number of aryl methyl sites for hydroxylation is 1.